The van der Waals surface area contributed by atoms with Crippen molar-refractivity contribution in [2.45, 2.75) is 57.7 Å². The van der Waals surface area contributed by atoms with E-state index in [1.165, 1.54) is 0 Å². The van der Waals surface area contributed by atoms with Crippen LogP contribution in [0.25, 0.3) is 22.5 Å². The van der Waals surface area contributed by atoms with Gasteiger partial charge in [0.1, 0.15) is 11.4 Å². The average molecular weight is 422 g/mol. The van der Waals surface area contributed by atoms with Gasteiger partial charge in [0.15, 0.2) is 0 Å². The first-order valence-corrected chi connectivity index (χ1v) is 10.6. The van der Waals surface area contributed by atoms with Gasteiger partial charge in [0.25, 0.3) is 0 Å². The van der Waals surface area contributed by atoms with Gasteiger partial charge in [0.05, 0.1) is 11.9 Å². The van der Waals surface area contributed by atoms with Crippen molar-refractivity contribution in [2.24, 2.45) is 7.05 Å². The molecular weight excluding hydrogens is 390 g/mol. The fraction of sp³-hybridized carbons (Fsp3) is 0.478. The molecule has 0 radical (unpaired) electrons. The molecule has 0 bridgehead atoms. The number of aromatic hydroxyl groups is 1. The Morgan fingerprint density at radius 3 is 2.35 bits per heavy atom. The lowest BCUT2D eigenvalue weighted by molar-refractivity contribution is 0.160. The van der Waals surface area contributed by atoms with Crippen molar-refractivity contribution in [3.8, 4) is 28.3 Å². The number of phenolic OH excluding ortho intramolecular Hbond substituents is 1. The topological polar surface area (TPSA) is 92.0 Å². The second kappa shape index (κ2) is 7.60. The molecule has 0 saturated carbocycles. The maximum Gasteiger partial charge on any atom is 0.245 e. The summed E-state index contributed by atoms with van der Waals surface area (Å²) >= 11 is 0. The van der Waals surface area contributed by atoms with Gasteiger partial charge in [-0.1, -0.05) is 6.07 Å². The predicted molar refractivity (Wildman–Crippen MR) is 122 cm³/mol. The third kappa shape index (κ3) is 4.39. The second-order valence-corrected chi connectivity index (χ2v) is 9.78. The zero-order chi connectivity index (χ0) is 22.4. The molecule has 2 N–H and O–H groups in total. The van der Waals surface area contributed by atoms with Crippen molar-refractivity contribution in [1.82, 2.24) is 30.3 Å². The molecule has 0 atom stereocenters. The second-order valence-electron chi connectivity index (χ2n) is 9.78. The number of rotatable bonds is 4. The highest BCUT2D eigenvalue weighted by atomic mass is 16.3. The molecule has 3 aromatic rings. The molecule has 0 aliphatic carbocycles. The zero-order valence-electron chi connectivity index (χ0n) is 19.1. The van der Waals surface area contributed by atoms with Gasteiger partial charge >= 0.3 is 0 Å². The summed E-state index contributed by atoms with van der Waals surface area (Å²) in [7, 11) is 3.90. The SMILES string of the molecule is CN(c1ncc(-c2ccc(-c3ccnn3C)cc2O)nn1)C1CC(C)(C)NC(C)(C)C1. The van der Waals surface area contributed by atoms with E-state index in [-0.39, 0.29) is 16.8 Å². The predicted octanol–water partition coefficient (Wildman–Crippen LogP) is 3.39. The van der Waals surface area contributed by atoms with Gasteiger partial charge in [-0.25, -0.2) is 4.98 Å². The zero-order valence-corrected chi connectivity index (χ0v) is 19.1. The summed E-state index contributed by atoms with van der Waals surface area (Å²) in [6.45, 7) is 8.92. The Morgan fingerprint density at radius 2 is 1.81 bits per heavy atom. The van der Waals surface area contributed by atoms with Crippen molar-refractivity contribution in [2.75, 3.05) is 11.9 Å². The standard InChI is InChI=1S/C23H31N7O/c1-22(2)12-16(13-23(3,4)28-22)29(5)21-24-14-18(26-27-21)17-8-7-15(11-20(17)31)19-9-10-25-30(19)6/h7-11,14,16,28,31H,12-13H2,1-6H3. The van der Waals surface area contributed by atoms with Crippen molar-refractivity contribution >= 4 is 5.95 Å². The molecule has 4 rings (SSSR count). The molecule has 1 aliphatic rings. The summed E-state index contributed by atoms with van der Waals surface area (Å²) < 4.78 is 1.77. The lowest BCUT2D eigenvalue weighted by Crippen LogP contribution is -2.62. The highest BCUT2D eigenvalue weighted by molar-refractivity contribution is 5.72. The first kappa shape index (κ1) is 21.2. The first-order valence-electron chi connectivity index (χ1n) is 10.6. The van der Waals surface area contributed by atoms with Gasteiger partial charge in [-0.2, -0.15) is 5.10 Å². The summed E-state index contributed by atoms with van der Waals surface area (Å²) in [5.41, 5.74) is 3.03. The molecule has 0 amide bonds. The molecule has 1 fully saturated rings. The van der Waals surface area contributed by atoms with Gasteiger partial charge in [-0.15, -0.1) is 10.2 Å². The van der Waals surface area contributed by atoms with E-state index in [2.05, 4.69) is 58.2 Å². The number of hydrogen-bond donors (Lipinski definition) is 2. The molecule has 2 aromatic heterocycles. The van der Waals surface area contributed by atoms with E-state index in [4.69, 9.17) is 0 Å². The smallest absolute Gasteiger partial charge is 0.245 e. The molecular formula is C23H31N7O. The largest absolute Gasteiger partial charge is 0.507 e. The number of benzene rings is 1. The van der Waals surface area contributed by atoms with Crippen LogP contribution in [0.1, 0.15) is 40.5 Å². The summed E-state index contributed by atoms with van der Waals surface area (Å²) in [5, 5.41) is 27.2. The molecule has 8 nitrogen and oxygen atoms in total. The van der Waals surface area contributed by atoms with Crippen LogP contribution in [0.2, 0.25) is 0 Å². The summed E-state index contributed by atoms with van der Waals surface area (Å²) in [5.74, 6) is 0.728. The number of aromatic nitrogens is 5. The van der Waals surface area contributed by atoms with Crippen LogP contribution in [0.5, 0.6) is 5.75 Å². The average Bonchev–Trinajstić information content (AvgIpc) is 3.11. The van der Waals surface area contributed by atoms with Crippen molar-refractivity contribution in [3.05, 3.63) is 36.7 Å². The molecule has 31 heavy (non-hydrogen) atoms. The number of hydrogen-bond acceptors (Lipinski definition) is 7. The number of nitrogens with zero attached hydrogens (tertiary/aromatic N) is 6. The summed E-state index contributed by atoms with van der Waals surface area (Å²) in [6, 6.07) is 7.71. The maximum atomic E-state index is 10.6. The highest BCUT2D eigenvalue weighted by Gasteiger charge is 2.39. The van der Waals surface area contributed by atoms with Crippen LogP contribution in [0, 0.1) is 0 Å². The molecule has 164 valence electrons. The van der Waals surface area contributed by atoms with Gasteiger partial charge < -0.3 is 15.3 Å². The Hall–Kier alpha value is -3.00. The van der Waals surface area contributed by atoms with E-state index in [0.29, 0.717) is 23.2 Å². The molecule has 0 unspecified atom stereocenters. The van der Waals surface area contributed by atoms with Crippen LogP contribution in [0.3, 0.4) is 0 Å². The fourth-order valence-electron chi connectivity index (χ4n) is 4.82. The summed E-state index contributed by atoms with van der Waals surface area (Å²) in [4.78, 5) is 6.68. The van der Waals surface area contributed by atoms with Crippen LogP contribution >= 0.6 is 0 Å². The van der Waals surface area contributed by atoms with Crippen molar-refractivity contribution in [3.63, 3.8) is 0 Å². The number of aryl methyl sites for hydroxylation is 1. The highest BCUT2D eigenvalue weighted by Crippen LogP contribution is 2.34. The number of phenols is 1. The third-order valence-electron chi connectivity index (χ3n) is 5.97. The molecule has 8 heteroatoms. The van der Waals surface area contributed by atoms with Crippen molar-refractivity contribution in [1.29, 1.82) is 0 Å². The molecule has 1 aromatic carbocycles. The number of anilines is 1. The van der Waals surface area contributed by atoms with E-state index in [1.54, 1.807) is 23.1 Å². The minimum Gasteiger partial charge on any atom is -0.507 e. The Labute approximate surface area is 183 Å². The maximum absolute atomic E-state index is 10.6. The third-order valence-corrected chi connectivity index (χ3v) is 5.97. The Morgan fingerprint density at radius 1 is 1.10 bits per heavy atom. The Bertz CT molecular complexity index is 1060. The lowest BCUT2D eigenvalue weighted by atomic mass is 9.79. The molecule has 1 aliphatic heterocycles. The van der Waals surface area contributed by atoms with Gasteiger partial charge in [-0.05, 0) is 58.7 Å². The normalized spacial score (nSPS) is 18.1. The fourth-order valence-corrected chi connectivity index (χ4v) is 4.82. The van der Waals surface area contributed by atoms with Crippen LogP contribution in [-0.4, -0.2) is 54.2 Å². The van der Waals surface area contributed by atoms with Crippen molar-refractivity contribution < 1.29 is 5.11 Å². The Kier molecular flexibility index (Phi) is 5.21. The molecule has 0 spiro atoms. The first-order chi connectivity index (χ1) is 14.5. The Balaban J connectivity index is 1.55. The van der Waals surface area contributed by atoms with E-state index < -0.39 is 0 Å². The minimum atomic E-state index is 0.0372. The van der Waals surface area contributed by atoms with E-state index in [9.17, 15) is 5.11 Å². The van der Waals surface area contributed by atoms with Gasteiger partial charge in [0, 0.05) is 48.5 Å². The quantitative estimate of drug-likeness (QED) is 0.667. The van der Waals surface area contributed by atoms with E-state index >= 15 is 0 Å². The lowest BCUT2D eigenvalue weighted by Gasteiger charge is -2.48. The summed E-state index contributed by atoms with van der Waals surface area (Å²) in [6.07, 6.45) is 5.40. The van der Waals surface area contributed by atoms with Crippen LogP contribution < -0.4 is 10.2 Å². The number of nitrogens with one attached hydrogen (secondary N) is 1. The number of piperidine rings is 1. The van der Waals surface area contributed by atoms with E-state index in [0.717, 1.165) is 24.1 Å². The minimum absolute atomic E-state index is 0.0372. The van der Waals surface area contributed by atoms with Crippen LogP contribution in [0.4, 0.5) is 5.95 Å². The monoisotopic (exact) mass is 421 g/mol. The molecule has 3 heterocycles. The van der Waals surface area contributed by atoms with E-state index in [1.807, 2.05) is 32.3 Å². The van der Waals surface area contributed by atoms with Gasteiger partial charge in [-0.3, -0.25) is 4.68 Å². The molecule has 1 saturated heterocycles. The van der Waals surface area contributed by atoms with Crippen LogP contribution in [0.15, 0.2) is 36.7 Å². The van der Waals surface area contributed by atoms with Crippen LogP contribution in [-0.2, 0) is 7.05 Å². The van der Waals surface area contributed by atoms with Gasteiger partial charge in [0.2, 0.25) is 5.95 Å².